The minimum Gasteiger partial charge on any atom is -0.435 e. The van der Waals surface area contributed by atoms with Gasteiger partial charge in [0.1, 0.15) is 0 Å². The fourth-order valence-electron chi connectivity index (χ4n) is 0.654. The molecule has 0 saturated carbocycles. The lowest BCUT2D eigenvalue weighted by Gasteiger charge is -2.07. The first-order valence-electron chi connectivity index (χ1n) is 3.44. The lowest BCUT2D eigenvalue weighted by atomic mass is 10.5. The minimum absolute atomic E-state index is 0.298. The van der Waals surface area contributed by atoms with E-state index >= 15 is 0 Å². The van der Waals surface area contributed by atoms with Crippen molar-refractivity contribution in [1.29, 1.82) is 0 Å². The second-order valence-electron chi connectivity index (χ2n) is 1.94. The summed E-state index contributed by atoms with van der Waals surface area (Å²) in [4.78, 5) is 19.7. The zero-order chi connectivity index (χ0) is 8.10. The van der Waals surface area contributed by atoms with E-state index in [-0.39, 0.29) is 0 Å². The molecular formula is C6H10O5. The molecule has 1 saturated heterocycles. The Bertz CT molecular complexity index is 129. The van der Waals surface area contributed by atoms with E-state index in [4.69, 9.17) is 0 Å². The number of carbonyl (C=O) groups excluding carboxylic acids is 1. The molecule has 11 heavy (non-hydrogen) atoms. The van der Waals surface area contributed by atoms with Crippen LogP contribution in [0.5, 0.6) is 0 Å². The van der Waals surface area contributed by atoms with Gasteiger partial charge in [0.15, 0.2) is 0 Å². The van der Waals surface area contributed by atoms with Crippen molar-refractivity contribution in [3.63, 3.8) is 0 Å². The lowest BCUT2D eigenvalue weighted by molar-refractivity contribution is -0.318. The van der Waals surface area contributed by atoms with Crippen molar-refractivity contribution >= 4 is 6.16 Å². The average Bonchev–Trinajstić information content (AvgIpc) is 2.40. The van der Waals surface area contributed by atoms with E-state index in [0.29, 0.717) is 19.6 Å². The predicted molar refractivity (Wildman–Crippen MR) is 33.5 cm³/mol. The van der Waals surface area contributed by atoms with Gasteiger partial charge in [-0.2, -0.15) is 4.89 Å². The van der Waals surface area contributed by atoms with Gasteiger partial charge in [-0.25, -0.2) is 9.68 Å². The van der Waals surface area contributed by atoms with Crippen LogP contribution in [0.2, 0.25) is 0 Å². The molecule has 0 amide bonds. The van der Waals surface area contributed by atoms with Gasteiger partial charge in [-0.1, -0.05) is 0 Å². The quantitative estimate of drug-likeness (QED) is 0.444. The lowest BCUT2D eigenvalue weighted by Crippen LogP contribution is -2.17. The zero-order valence-corrected chi connectivity index (χ0v) is 6.24. The molecule has 0 bridgehead atoms. The van der Waals surface area contributed by atoms with Gasteiger partial charge < -0.3 is 9.47 Å². The van der Waals surface area contributed by atoms with Gasteiger partial charge in [-0.15, -0.1) is 0 Å². The van der Waals surface area contributed by atoms with Crippen LogP contribution < -0.4 is 0 Å². The van der Waals surface area contributed by atoms with E-state index in [1.807, 2.05) is 0 Å². The van der Waals surface area contributed by atoms with Gasteiger partial charge >= 0.3 is 6.16 Å². The Morgan fingerprint density at radius 3 is 3.09 bits per heavy atom. The van der Waals surface area contributed by atoms with Crippen LogP contribution in [0.1, 0.15) is 13.3 Å². The van der Waals surface area contributed by atoms with Crippen molar-refractivity contribution in [2.45, 2.75) is 19.6 Å². The highest BCUT2D eigenvalue weighted by molar-refractivity contribution is 5.59. The molecule has 5 heteroatoms. The second kappa shape index (κ2) is 4.15. The molecule has 0 aromatic carbocycles. The maximum Gasteiger partial charge on any atom is 0.510 e. The molecule has 1 fully saturated rings. The molecule has 1 aliphatic heterocycles. The van der Waals surface area contributed by atoms with Crippen LogP contribution in [0.15, 0.2) is 0 Å². The van der Waals surface area contributed by atoms with Crippen LogP contribution in [-0.2, 0) is 19.2 Å². The van der Waals surface area contributed by atoms with E-state index in [0.717, 1.165) is 0 Å². The van der Waals surface area contributed by atoms with Crippen LogP contribution in [0.25, 0.3) is 0 Å². The smallest absolute Gasteiger partial charge is 0.435 e. The molecule has 0 aliphatic carbocycles. The summed E-state index contributed by atoms with van der Waals surface area (Å²) in [6.45, 7) is 2.45. The van der Waals surface area contributed by atoms with Crippen molar-refractivity contribution in [3.05, 3.63) is 0 Å². The van der Waals surface area contributed by atoms with E-state index in [9.17, 15) is 4.79 Å². The van der Waals surface area contributed by atoms with E-state index < -0.39 is 12.4 Å². The summed E-state index contributed by atoms with van der Waals surface area (Å²) in [5, 5.41) is 0. The van der Waals surface area contributed by atoms with Crippen molar-refractivity contribution in [2.24, 2.45) is 0 Å². The van der Waals surface area contributed by atoms with Crippen LogP contribution in [0, 0.1) is 0 Å². The summed E-state index contributed by atoms with van der Waals surface area (Å²) in [5.74, 6) is 0. The van der Waals surface area contributed by atoms with Gasteiger partial charge in [0.05, 0.1) is 13.2 Å². The van der Waals surface area contributed by atoms with E-state index in [1.54, 1.807) is 6.92 Å². The van der Waals surface area contributed by atoms with Gasteiger partial charge in [-0.3, -0.25) is 0 Å². The molecule has 64 valence electrons. The molecule has 1 aliphatic rings. The Kier molecular flexibility index (Phi) is 3.13. The highest BCUT2D eigenvalue weighted by Gasteiger charge is 2.21. The highest BCUT2D eigenvalue weighted by atomic mass is 17.2. The predicted octanol–water partition coefficient (Wildman–Crippen LogP) is 0.838. The first-order valence-corrected chi connectivity index (χ1v) is 3.44. The Morgan fingerprint density at radius 1 is 1.73 bits per heavy atom. The van der Waals surface area contributed by atoms with Crippen LogP contribution in [0.4, 0.5) is 4.79 Å². The molecule has 1 rings (SSSR count). The van der Waals surface area contributed by atoms with Crippen molar-refractivity contribution in [2.75, 3.05) is 13.2 Å². The van der Waals surface area contributed by atoms with Gasteiger partial charge in [0.2, 0.25) is 6.29 Å². The van der Waals surface area contributed by atoms with Crippen molar-refractivity contribution in [1.82, 2.24) is 0 Å². The molecule has 0 aromatic heterocycles. The average molecular weight is 162 g/mol. The van der Waals surface area contributed by atoms with Crippen LogP contribution >= 0.6 is 0 Å². The van der Waals surface area contributed by atoms with E-state index in [1.165, 1.54) is 0 Å². The third-order valence-corrected chi connectivity index (χ3v) is 1.10. The topological polar surface area (TPSA) is 54.0 Å². The van der Waals surface area contributed by atoms with Crippen molar-refractivity contribution < 1.29 is 24.0 Å². The third-order valence-electron chi connectivity index (χ3n) is 1.10. The molecule has 1 unspecified atom stereocenters. The Labute approximate surface area is 64.1 Å². The van der Waals surface area contributed by atoms with Crippen LogP contribution in [-0.4, -0.2) is 25.7 Å². The normalized spacial score (nSPS) is 23.2. The monoisotopic (exact) mass is 162 g/mol. The first kappa shape index (κ1) is 8.29. The minimum atomic E-state index is -0.719. The summed E-state index contributed by atoms with van der Waals surface area (Å²) < 4.78 is 9.15. The fraction of sp³-hybridized carbons (Fsp3) is 0.833. The van der Waals surface area contributed by atoms with Crippen LogP contribution in [0.3, 0.4) is 0 Å². The molecule has 0 spiro atoms. The summed E-state index contributed by atoms with van der Waals surface area (Å²) in [5.41, 5.74) is 0. The second-order valence-corrected chi connectivity index (χ2v) is 1.94. The molecule has 1 heterocycles. The Balaban J connectivity index is 2.13. The maximum absolute atomic E-state index is 10.6. The molecule has 5 nitrogen and oxygen atoms in total. The third kappa shape index (κ3) is 2.73. The van der Waals surface area contributed by atoms with Gasteiger partial charge in [0, 0.05) is 6.42 Å². The fourth-order valence-corrected chi connectivity index (χ4v) is 0.654. The zero-order valence-electron chi connectivity index (χ0n) is 6.24. The van der Waals surface area contributed by atoms with Gasteiger partial charge in [0.25, 0.3) is 0 Å². The standard InChI is InChI=1S/C6H10O5/c1-2-8-6(7)10-5-3-4-9-11-5/h5H,2-4H2,1H3. The molecule has 0 N–H and O–H groups in total. The van der Waals surface area contributed by atoms with Gasteiger partial charge in [-0.05, 0) is 6.92 Å². The van der Waals surface area contributed by atoms with Crippen molar-refractivity contribution in [3.8, 4) is 0 Å². The molecule has 1 atom stereocenters. The highest BCUT2D eigenvalue weighted by Crippen LogP contribution is 2.10. The molecule has 0 aromatic rings. The number of carbonyl (C=O) groups is 1. The summed E-state index contributed by atoms with van der Waals surface area (Å²) in [7, 11) is 0. The number of hydrogen-bond acceptors (Lipinski definition) is 5. The number of ether oxygens (including phenoxy) is 2. The Morgan fingerprint density at radius 2 is 2.55 bits per heavy atom. The van der Waals surface area contributed by atoms with E-state index in [2.05, 4.69) is 19.2 Å². The number of hydrogen-bond donors (Lipinski definition) is 0. The number of rotatable bonds is 2. The molecular weight excluding hydrogens is 152 g/mol. The summed E-state index contributed by atoms with van der Waals surface area (Å²) in [6.07, 6.45) is -0.768. The largest absolute Gasteiger partial charge is 0.510 e. The molecule has 0 radical (unpaired) electrons. The first-order chi connectivity index (χ1) is 5.33. The maximum atomic E-state index is 10.6. The SMILES string of the molecule is CCOC(=O)OC1CCOO1. The Hall–Kier alpha value is -0.810. The summed E-state index contributed by atoms with van der Waals surface area (Å²) in [6, 6.07) is 0. The summed E-state index contributed by atoms with van der Waals surface area (Å²) >= 11 is 0.